The van der Waals surface area contributed by atoms with Crippen LogP contribution in [0, 0.1) is 17.5 Å². The van der Waals surface area contributed by atoms with Gasteiger partial charge in [0.1, 0.15) is 17.4 Å². The van der Waals surface area contributed by atoms with Gasteiger partial charge in [-0.2, -0.15) is 8.78 Å². The quantitative estimate of drug-likeness (QED) is 0.124. The van der Waals surface area contributed by atoms with E-state index in [4.69, 9.17) is 4.74 Å². The molecule has 39 heavy (non-hydrogen) atoms. The van der Waals surface area contributed by atoms with Gasteiger partial charge in [0, 0.05) is 11.5 Å². The molecule has 0 amide bonds. The number of rotatable bonds is 13. The standard InChI is InChI=1S/C32H31F5O2/c1-2-3-4-17-38-26-14-13-23(28(33)20-26)9-5-21-7-15-27-25(18-21)12-11-24(31(27)35)10-6-22-8-16-30(29(34)19-22)39-32(36)37/h7-8,11-16,18-20,32H,2-6,9-10,17H2,1H3. The van der Waals surface area contributed by atoms with E-state index < -0.39 is 18.2 Å². The van der Waals surface area contributed by atoms with Crippen molar-refractivity contribution in [1.29, 1.82) is 0 Å². The summed E-state index contributed by atoms with van der Waals surface area (Å²) < 4.78 is 78.2. The molecule has 0 heterocycles. The average molecular weight is 543 g/mol. The van der Waals surface area contributed by atoms with Gasteiger partial charge in [-0.1, -0.05) is 62.2 Å². The van der Waals surface area contributed by atoms with Gasteiger partial charge in [-0.25, -0.2) is 13.2 Å². The Morgan fingerprint density at radius 1 is 0.692 bits per heavy atom. The van der Waals surface area contributed by atoms with E-state index in [1.165, 1.54) is 12.1 Å². The minimum Gasteiger partial charge on any atom is -0.493 e. The molecule has 0 saturated heterocycles. The third-order valence-electron chi connectivity index (χ3n) is 6.72. The van der Waals surface area contributed by atoms with Crippen LogP contribution < -0.4 is 9.47 Å². The maximum atomic E-state index is 15.2. The largest absolute Gasteiger partial charge is 0.493 e. The van der Waals surface area contributed by atoms with E-state index in [9.17, 15) is 17.6 Å². The van der Waals surface area contributed by atoms with Gasteiger partial charge in [-0.3, -0.25) is 0 Å². The van der Waals surface area contributed by atoms with Gasteiger partial charge in [0.05, 0.1) is 6.61 Å². The second-order valence-electron chi connectivity index (χ2n) is 9.55. The Kier molecular flexibility index (Phi) is 9.79. The van der Waals surface area contributed by atoms with Gasteiger partial charge in [-0.15, -0.1) is 0 Å². The predicted molar refractivity (Wildman–Crippen MR) is 143 cm³/mol. The highest BCUT2D eigenvalue weighted by Crippen LogP contribution is 2.26. The summed E-state index contributed by atoms with van der Waals surface area (Å²) in [5.74, 6) is -1.51. The highest BCUT2D eigenvalue weighted by Gasteiger charge is 2.13. The lowest BCUT2D eigenvalue weighted by molar-refractivity contribution is -0.0522. The van der Waals surface area contributed by atoms with E-state index in [1.807, 2.05) is 18.2 Å². The Morgan fingerprint density at radius 2 is 1.41 bits per heavy atom. The molecule has 0 atom stereocenters. The summed E-state index contributed by atoms with van der Waals surface area (Å²) in [5.41, 5.74) is 2.59. The molecule has 0 spiro atoms. The molecule has 0 N–H and O–H groups in total. The molecule has 0 aliphatic rings. The van der Waals surface area contributed by atoms with Gasteiger partial charge in [-0.05, 0) is 77.9 Å². The molecule has 4 rings (SSSR count). The molecule has 0 fully saturated rings. The Morgan fingerprint density at radius 3 is 2.13 bits per heavy atom. The Bertz CT molecular complexity index is 1400. The third-order valence-corrected chi connectivity index (χ3v) is 6.72. The summed E-state index contributed by atoms with van der Waals surface area (Å²) in [5, 5.41) is 1.21. The molecular weight excluding hydrogens is 511 g/mol. The topological polar surface area (TPSA) is 18.5 Å². The second kappa shape index (κ2) is 13.5. The maximum absolute atomic E-state index is 15.2. The fourth-order valence-electron chi connectivity index (χ4n) is 4.55. The molecule has 4 aromatic rings. The molecule has 7 heteroatoms. The minimum atomic E-state index is -3.11. The maximum Gasteiger partial charge on any atom is 0.387 e. The first-order valence-electron chi connectivity index (χ1n) is 13.2. The van der Waals surface area contributed by atoms with Crippen molar-refractivity contribution >= 4 is 10.8 Å². The van der Waals surface area contributed by atoms with Gasteiger partial charge < -0.3 is 9.47 Å². The summed E-state index contributed by atoms with van der Waals surface area (Å²) >= 11 is 0. The van der Waals surface area contributed by atoms with Crippen LogP contribution >= 0.6 is 0 Å². The first-order chi connectivity index (χ1) is 18.8. The lowest BCUT2D eigenvalue weighted by Gasteiger charge is -2.11. The van der Waals surface area contributed by atoms with Crippen molar-refractivity contribution in [3.8, 4) is 11.5 Å². The summed E-state index contributed by atoms with van der Waals surface area (Å²) in [7, 11) is 0. The summed E-state index contributed by atoms with van der Waals surface area (Å²) in [6, 6.07) is 17.7. The predicted octanol–water partition coefficient (Wildman–Crippen LogP) is 9.00. The van der Waals surface area contributed by atoms with Gasteiger partial charge in [0.2, 0.25) is 0 Å². The van der Waals surface area contributed by atoms with Crippen molar-refractivity contribution in [3.05, 3.63) is 106 Å². The minimum absolute atomic E-state index is 0.296. The van der Waals surface area contributed by atoms with Crippen molar-refractivity contribution in [1.82, 2.24) is 0 Å². The molecule has 0 saturated carbocycles. The van der Waals surface area contributed by atoms with E-state index in [1.54, 1.807) is 24.3 Å². The highest BCUT2D eigenvalue weighted by atomic mass is 19.3. The Balaban J connectivity index is 1.37. The fraction of sp³-hybridized carbons (Fsp3) is 0.312. The van der Waals surface area contributed by atoms with Crippen LogP contribution in [0.5, 0.6) is 11.5 Å². The SMILES string of the molecule is CCCCCOc1ccc(CCc2ccc3c(F)c(CCc4ccc(OC(F)F)c(F)c4)ccc3c2)c(F)c1. The van der Waals surface area contributed by atoms with E-state index in [-0.39, 0.29) is 11.6 Å². The first-order valence-corrected chi connectivity index (χ1v) is 13.2. The molecule has 0 aliphatic heterocycles. The number of benzene rings is 4. The number of hydrogen-bond donors (Lipinski definition) is 0. The van der Waals surface area contributed by atoms with E-state index in [0.717, 1.165) is 42.3 Å². The smallest absolute Gasteiger partial charge is 0.387 e. The van der Waals surface area contributed by atoms with Crippen molar-refractivity contribution in [2.24, 2.45) is 0 Å². The molecule has 0 radical (unpaired) electrons. The van der Waals surface area contributed by atoms with Crippen LogP contribution in [0.3, 0.4) is 0 Å². The van der Waals surface area contributed by atoms with Crippen LogP contribution in [-0.4, -0.2) is 13.2 Å². The van der Waals surface area contributed by atoms with Crippen molar-refractivity contribution in [2.45, 2.75) is 58.5 Å². The molecule has 0 unspecified atom stereocenters. The molecule has 0 aromatic heterocycles. The number of aryl methyl sites for hydroxylation is 4. The van der Waals surface area contributed by atoms with Crippen LogP contribution in [0.15, 0.2) is 66.7 Å². The molecule has 0 bridgehead atoms. The zero-order valence-corrected chi connectivity index (χ0v) is 21.8. The number of alkyl halides is 2. The second-order valence-corrected chi connectivity index (χ2v) is 9.55. The van der Waals surface area contributed by atoms with Crippen molar-refractivity contribution < 1.29 is 31.4 Å². The van der Waals surface area contributed by atoms with Crippen LogP contribution in [0.25, 0.3) is 10.8 Å². The summed E-state index contributed by atoms with van der Waals surface area (Å²) in [4.78, 5) is 0. The first kappa shape index (κ1) is 28.4. The molecule has 2 nitrogen and oxygen atoms in total. The number of hydrogen-bond acceptors (Lipinski definition) is 2. The summed E-state index contributed by atoms with van der Waals surface area (Å²) in [6.07, 6.45) is 4.88. The zero-order chi connectivity index (χ0) is 27.8. The average Bonchev–Trinajstić information content (AvgIpc) is 2.91. The third kappa shape index (κ3) is 7.71. The Labute approximate surface area is 225 Å². The lowest BCUT2D eigenvalue weighted by Crippen LogP contribution is -2.04. The zero-order valence-electron chi connectivity index (χ0n) is 21.8. The number of unbranched alkanes of at least 4 members (excludes halogenated alkanes) is 2. The van der Waals surface area contributed by atoms with Crippen molar-refractivity contribution in [2.75, 3.05) is 6.61 Å². The van der Waals surface area contributed by atoms with Crippen LogP contribution in [-0.2, 0) is 25.7 Å². The fourth-order valence-corrected chi connectivity index (χ4v) is 4.55. The van der Waals surface area contributed by atoms with Crippen LogP contribution in [0.4, 0.5) is 22.0 Å². The number of ether oxygens (including phenoxy) is 2. The van der Waals surface area contributed by atoms with E-state index in [0.29, 0.717) is 60.1 Å². The van der Waals surface area contributed by atoms with Crippen LogP contribution in [0.2, 0.25) is 0 Å². The normalized spacial score (nSPS) is 11.4. The monoisotopic (exact) mass is 542 g/mol. The van der Waals surface area contributed by atoms with Gasteiger partial charge in [0.15, 0.2) is 11.6 Å². The van der Waals surface area contributed by atoms with Crippen molar-refractivity contribution in [3.63, 3.8) is 0 Å². The molecule has 206 valence electrons. The van der Waals surface area contributed by atoms with Crippen LogP contribution in [0.1, 0.15) is 48.4 Å². The summed E-state index contributed by atoms with van der Waals surface area (Å²) in [6.45, 7) is -0.413. The lowest BCUT2D eigenvalue weighted by atomic mass is 9.97. The Hall–Kier alpha value is -3.61. The van der Waals surface area contributed by atoms with Gasteiger partial charge in [0.25, 0.3) is 0 Å². The molecule has 4 aromatic carbocycles. The van der Waals surface area contributed by atoms with E-state index >= 15 is 4.39 Å². The highest BCUT2D eigenvalue weighted by molar-refractivity contribution is 5.84. The number of fused-ring (bicyclic) bond motifs is 1. The van der Waals surface area contributed by atoms with E-state index in [2.05, 4.69) is 11.7 Å². The van der Waals surface area contributed by atoms with Gasteiger partial charge >= 0.3 is 6.61 Å². The molecule has 0 aliphatic carbocycles. The molecular formula is C32H31F5O2. The number of halogens is 5.